The molecule has 0 aromatic heterocycles. The molecule has 9 heteroatoms. The van der Waals surface area contributed by atoms with E-state index < -0.39 is 21.7 Å². The average Bonchev–Trinajstić information content (AvgIpc) is 2.76. The number of carbonyl (C=O) groups excluding carboxylic acids is 1. The first kappa shape index (κ1) is 21.8. The van der Waals surface area contributed by atoms with E-state index >= 15 is 0 Å². The van der Waals surface area contributed by atoms with Crippen LogP contribution >= 0.6 is 23.2 Å². The van der Waals surface area contributed by atoms with Crippen molar-refractivity contribution in [2.24, 2.45) is 0 Å². The third kappa shape index (κ3) is 4.45. The highest BCUT2D eigenvalue weighted by Gasteiger charge is 2.29. The normalized spacial score (nSPS) is 14.2. The average molecular weight is 479 g/mol. The Balaban J connectivity index is 1.61. The summed E-state index contributed by atoms with van der Waals surface area (Å²) in [6, 6.07) is 15.3. The summed E-state index contributed by atoms with van der Waals surface area (Å²) < 4.78 is 42.0. The Morgan fingerprint density at radius 2 is 1.71 bits per heavy atom. The Kier molecular flexibility index (Phi) is 6.03. The number of rotatable bonds is 4. The number of nitrogens with zero attached hydrogens (tertiary/aromatic N) is 1. The van der Waals surface area contributed by atoms with E-state index in [2.05, 4.69) is 5.32 Å². The third-order valence-corrected chi connectivity index (χ3v) is 7.67. The summed E-state index contributed by atoms with van der Waals surface area (Å²) in [5, 5.41) is 3.04. The fraction of sp³-hybridized carbons (Fsp3) is 0.136. The molecule has 3 aromatic rings. The molecule has 1 aliphatic rings. The number of halogens is 3. The second-order valence-corrected chi connectivity index (χ2v) is 9.83. The Morgan fingerprint density at radius 3 is 2.45 bits per heavy atom. The van der Waals surface area contributed by atoms with Crippen LogP contribution in [0.3, 0.4) is 0 Å². The maximum absolute atomic E-state index is 14.4. The molecule has 0 fully saturated rings. The van der Waals surface area contributed by atoms with Gasteiger partial charge in [-0.15, -0.1) is 0 Å². The predicted molar refractivity (Wildman–Crippen MR) is 119 cm³/mol. The lowest BCUT2D eigenvalue weighted by molar-refractivity contribution is 0.102. The van der Waals surface area contributed by atoms with Gasteiger partial charge in [-0.25, -0.2) is 12.8 Å². The minimum Gasteiger partial charge on any atom is -0.322 e. The molecule has 31 heavy (non-hydrogen) atoms. The summed E-state index contributed by atoms with van der Waals surface area (Å²) in [5.74, 6) is -1.63. The van der Waals surface area contributed by atoms with Gasteiger partial charge in [0.25, 0.3) is 5.91 Å². The lowest BCUT2D eigenvalue weighted by Crippen LogP contribution is -2.36. The van der Waals surface area contributed by atoms with E-state index in [1.807, 2.05) is 24.3 Å². The van der Waals surface area contributed by atoms with Crippen molar-refractivity contribution in [2.45, 2.75) is 17.9 Å². The summed E-state index contributed by atoms with van der Waals surface area (Å²) in [4.78, 5) is 12.5. The lowest BCUT2D eigenvalue weighted by Gasteiger charge is -2.28. The van der Waals surface area contributed by atoms with E-state index in [9.17, 15) is 17.6 Å². The van der Waals surface area contributed by atoms with Crippen molar-refractivity contribution in [3.05, 3.63) is 93.2 Å². The van der Waals surface area contributed by atoms with E-state index in [1.54, 1.807) is 0 Å². The minimum absolute atomic E-state index is 0.146. The van der Waals surface area contributed by atoms with Gasteiger partial charge in [0.15, 0.2) is 0 Å². The fourth-order valence-corrected chi connectivity index (χ4v) is 5.18. The largest absolute Gasteiger partial charge is 0.322 e. The van der Waals surface area contributed by atoms with Gasteiger partial charge >= 0.3 is 0 Å². The Hall–Kier alpha value is -2.45. The monoisotopic (exact) mass is 478 g/mol. The highest BCUT2D eigenvalue weighted by molar-refractivity contribution is 7.89. The van der Waals surface area contributed by atoms with Gasteiger partial charge in [0.1, 0.15) is 5.82 Å². The quantitative estimate of drug-likeness (QED) is 0.564. The molecule has 0 saturated heterocycles. The summed E-state index contributed by atoms with van der Waals surface area (Å²) in [6.45, 7) is 0.530. The van der Waals surface area contributed by atoms with Crippen LogP contribution in [0.2, 0.25) is 10.0 Å². The van der Waals surface area contributed by atoms with Gasteiger partial charge in [0.2, 0.25) is 10.0 Å². The Morgan fingerprint density at radius 1 is 0.968 bits per heavy atom. The first-order valence-electron chi connectivity index (χ1n) is 9.38. The third-order valence-electron chi connectivity index (χ3n) is 5.09. The number of sulfonamides is 1. The second-order valence-electron chi connectivity index (χ2n) is 7.08. The van der Waals surface area contributed by atoms with E-state index in [1.165, 1.54) is 28.6 Å². The van der Waals surface area contributed by atoms with Crippen LogP contribution in [0.25, 0.3) is 0 Å². The van der Waals surface area contributed by atoms with Crippen LogP contribution in [0.15, 0.2) is 65.6 Å². The molecule has 0 aliphatic carbocycles. The van der Waals surface area contributed by atoms with Gasteiger partial charge in [-0.05, 0) is 53.9 Å². The van der Waals surface area contributed by atoms with E-state index in [4.69, 9.17) is 23.2 Å². The summed E-state index contributed by atoms with van der Waals surface area (Å²) >= 11 is 11.8. The molecule has 4 rings (SSSR count). The minimum atomic E-state index is -3.91. The smallest absolute Gasteiger partial charge is 0.258 e. The van der Waals surface area contributed by atoms with Crippen molar-refractivity contribution < 1.29 is 17.6 Å². The van der Waals surface area contributed by atoms with Crippen LogP contribution in [-0.2, 0) is 23.0 Å². The molecule has 1 aliphatic heterocycles. The number of fused-ring (bicyclic) bond motifs is 1. The highest BCUT2D eigenvalue weighted by atomic mass is 35.5. The van der Waals surface area contributed by atoms with Crippen LogP contribution in [0.5, 0.6) is 0 Å². The maximum atomic E-state index is 14.4. The number of nitrogens with one attached hydrogen (secondary N) is 1. The molecule has 160 valence electrons. The van der Waals surface area contributed by atoms with Crippen molar-refractivity contribution in [2.75, 3.05) is 11.9 Å². The second kappa shape index (κ2) is 8.59. The first-order valence-corrected chi connectivity index (χ1v) is 11.6. The topological polar surface area (TPSA) is 66.5 Å². The van der Waals surface area contributed by atoms with Gasteiger partial charge in [-0.1, -0.05) is 47.5 Å². The SMILES string of the molecule is O=C(Nc1ccc(Cl)c(Cl)c1)c1cc(S(=O)(=O)N2CCc3ccccc3C2)ccc1F. The molecule has 1 amide bonds. The molecule has 3 aromatic carbocycles. The Bertz CT molecular complexity index is 1280. The van der Waals surface area contributed by atoms with Crippen LogP contribution in [0.4, 0.5) is 10.1 Å². The van der Waals surface area contributed by atoms with Crippen molar-refractivity contribution >= 4 is 44.8 Å². The molecular weight excluding hydrogens is 462 g/mol. The summed E-state index contributed by atoms with van der Waals surface area (Å²) in [6.07, 6.45) is 0.585. The van der Waals surface area contributed by atoms with Gasteiger partial charge in [0.05, 0.1) is 20.5 Å². The fourth-order valence-electron chi connectivity index (χ4n) is 3.44. The number of amides is 1. The molecule has 0 atom stereocenters. The first-order chi connectivity index (χ1) is 14.8. The van der Waals surface area contributed by atoms with Gasteiger partial charge < -0.3 is 5.32 Å². The van der Waals surface area contributed by atoms with Crippen LogP contribution < -0.4 is 5.32 Å². The van der Waals surface area contributed by atoms with E-state index in [0.717, 1.165) is 23.3 Å². The molecule has 0 unspecified atom stereocenters. The predicted octanol–water partition coefficient (Wildman–Crippen LogP) is 5.13. The zero-order valence-electron chi connectivity index (χ0n) is 16.1. The molecule has 0 saturated carbocycles. The zero-order valence-corrected chi connectivity index (χ0v) is 18.4. The van der Waals surface area contributed by atoms with Gasteiger partial charge in [0, 0.05) is 18.8 Å². The molecule has 0 radical (unpaired) electrons. The van der Waals surface area contributed by atoms with Crippen LogP contribution in [-0.4, -0.2) is 25.2 Å². The molecule has 1 N–H and O–H groups in total. The number of hydrogen-bond acceptors (Lipinski definition) is 3. The highest BCUT2D eigenvalue weighted by Crippen LogP contribution is 2.28. The zero-order chi connectivity index (χ0) is 22.2. The molecule has 1 heterocycles. The number of benzene rings is 3. The molecule has 0 spiro atoms. The lowest BCUT2D eigenvalue weighted by atomic mass is 10.0. The maximum Gasteiger partial charge on any atom is 0.258 e. The van der Waals surface area contributed by atoms with E-state index in [0.29, 0.717) is 23.7 Å². The van der Waals surface area contributed by atoms with Crippen molar-refractivity contribution in [3.63, 3.8) is 0 Å². The van der Waals surface area contributed by atoms with E-state index in [-0.39, 0.29) is 22.0 Å². The van der Waals surface area contributed by atoms with Crippen molar-refractivity contribution in [1.82, 2.24) is 4.31 Å². The van der Waals surface area contributed by atoms with Crippen LogP contribution in [0.1, 0.15) is 21.5 Å². The molecular formula is C22H17Cl2FN2O3S. The number of carbonyl (C=O) groups is 1. The van der Waals surface area contributed by atoms with Crippen molar-refractivity contribution in [1.29, 1.82) is 0 Å². The van der Waals surface area contributed by atoms with Crippen LogP contribution in [0, 0.1) is 5.82 Å². The number of hydrogen-bond donors (Lipinski definition) is 1. The van der Waals surface area contributed by atoms with Crippen molar-refractivity contribution in [3.8, 4) is 0 Å². The molecule has 5 nitrogen and oxygen atoms in total. The number of anilines is 1. The van der Waals surface area contributed by atoms with Gasteiger partial charge in [-0.2, -0.15) is 4.31 Å². The van der Waals surface area contributed by atoms with Gasteiger partial charge in [-0.3, -0.25) is 4.79 Å². The summed E-state index contributed by atoms with van der Waals surface area (Å²) in [5.41, 5.74) is 1.95. The summed E-state index contributed by atoms with van der Waals surface area (Å²) in [7, 11) is -3.91. The Labute approximate surface area is 189 Å². The standard InChI is InChI=1S/C22H17Cl2FN2O3S/c23-19-7-5-16(11-20(19)24)26-22(28)18-12-17(6-8-21(18)25)31(29,30)27-10-9-14-3-1-2-4-15(14)13-27/h1-8,11-12H,9-10,13H2,(H,26,28). The molecule has 0 bridgehead atoms.